The minimum Gasteiger partial charge on any atom is -0.350 e. The van der Waals surface area contributed by atoms with Crippen LogP contribution in [0.2, 0.25) is 0 Å². The fraction of sp³-hybridized carbons (Fsp3) is 0.250. The van der Waals surface area contributed by atoms with Gasteiger partial charge in [-0.25, -0.2) is 4.98 Å². The summed E-state index contributed by atoms with van der Waals surface area (Å²) >= 11 is 1.76. The lowest BCUT2D eigenvalue weighted by Gasteiger charge is -2.09. The number of nitrogens with zero attached hydrogens (tertiary/aromatic N) is 4. The molecule has 26 heavy (non-hydrogen) atoms. The van der Waals surface area contributed by atoms with Gasteiger partial charge >= 0.3 is 0 Å². The van der Waals surface area contributed by atoms with Crippen molar-refractivity contribution in [2.24, 2.45) is 0 Å². The molecule has 0 spiro atoms. The topological polar surface area (TPSA) is 55.1 Å². The summed E-state index contributed by atoms with van der Waals surface area (Å²) in [6, 6.07) is 12.8. The SMILES string of the molecule is Cc1nc(NCc2ccc(-c3cccs3)cc2)n2ncc(C(C)C)c2n1. The van der Waals surface area contributed by atoms with Crippen molar-refractivity contribution in [3.05, 3.63) is 64.9 Å². The van der Waals surface area contributed by atoms with Crippen molar-refractivity contribution in [1.82, 2.24) is 19.6 Å². The van der Waals surface area contributed by atoms with Crippen LogP contribution in [-0.2, 0) is 6.54 Å². The zero-order valence-corrected chi connectivity index (χ0v) is 15.9. The Bertz CT molecular complexity index is 1020. The molecule has 0 amide bonds. The molecule has 0 saturated heterocycles. The van der Waals surface area contributed by atoms with Crippen LogP contribution in [0, 0.1) is 6.92 Å². The molecule has 4 aromatic rings. The summed E-state index contributed by atoms with van der Waals surface area (Å²) in [7, 11) is 0. The highest BCUT2D eigenvalue weighted by atomic mass is 32.1. The van der Waals surface area contributed by atoms with Crippen LogP contribution in [-0.4, -0.2) is 19.6 Å². The molecule has 0 radical (unpaired) electrons. The third kappa shape index (κ3) is 3.20. The Kier molecular flexibility index (Phi) is 4.42. The average Bonchev–Trinajstić information content (AvgIpc) is 3.29. The summed E-state index contributed by atoms with van der Waals surface area (Å²) in [6.07, 6.45) is 1.88. The van der Waals surface area contributed by atoms with E-state index in [4.69, 9.17) is 0 Å². The normalized spacial score (nSPS) is 11.4. The van der Waals surface area contributed by atoms with Gasteiger partial charge in [0.05, 0.1) is 6.20 Å². The van der Waals surface area contributed by atoms with Crippen LogP contribution in [0.25, 0.3) is 16.1 Å². The van der Waals surface area contributed by atoms with Gasteiger partial charge in [-0.2, -0.15) is 14.6 Å². The third-order valence-corrected chi connectivity index (χ3v) is 5.26. The standard InChI is InChI=1S/C20H21N5S/c1-13(2)17-12-22-25-19(17)23-14(3)24-20(25)21-11-15-6-8-16(9-7-15)18-5-4-10-26-18/h4-10,12-13H,11H2,1-3H3,(H,21,23,24). The Balaban J connectivity index is 1.56. The first kappa shape index (κ1) is 16.7. The van der Waals surface area contributed by atoms with E-state index in [1.54, 1.807) is 15.9 Å². The van der Waals surface area contributed by atoms with Gasteiger partial charge in [-0.1, -0.05) is 44.2 Å². The first-order valence-corrected chi connectivity index (χ1v) is 9.59. The van der Waals surface area contributed by atoms with Gasteiger partial charge in [0.1, 0.15) is 5.82 Å². The molecular weight excluding hydrogens is 342 g/mol. The fourth-order valence-electron chi connectivity index (χ4n) is 2.93. The summed E-state index contributed by atoms with van der Waals surface area (Å²) in [5, 5.41) is 9.98. The van der Waals surface area contributed by atoms with Crippen molar-refractivity contribution in [3.63, 3.8) is 0 Å². The largest absolute Gasteiger partial charge is 0.350 e. The number of fused-ring (bicyclic) bond motifs is 1. The molecule has 3 heterocycles. The van der Waals surface area contributed by atoms with Gasteiger partial charge < -0.3 is 5.32 Å². The highest BCUT2D eigenvalue weighted by molar-refractivity contribution is 7.13. The minimum absolute atomic E-state index is 0.374. The maximum Gasteiger partial charge on any atom is 0.227 e. The van der Waals surface area contributed by atoms with Crippen LogP contribution in [0.1, 0.15) is 36.7 Å². The summed E-state index contributed by atoms with van der Waals surface area (Å²) in [5.41, 5.74) is 4.46. The molecule has 6 heteroatoms. The smallest absolute Gasteiger partial charge is 0.227 e. The first-order valence-electron chi connectivity index (χ1n) is 8.71. The summed E-state index contributed by atoms with van der Waals surface area (Å²) in [4.78, 5) is 10.4. The van der Waals surface area contributed by atoms with Crippen LogP contribution in [0.4, 0.5) is 5.95 Å². The van der Waals surface area contributed by atoms with Crippen LogP contribution in [0.3, 0.4) is 0 Å². The Morgan fingerprint density at radius 2 is 1.92 bits per heavy atom. The van der Waals surface area contributed by atoms with E-state index in [1.807, 2.05) is 13.1 Å². The van der Waals surface area contributed by atoms with Gasteiger partial charge in [0.2, 0.25) is 5.95 Å². The van der Waals surface area contributed by atoms with Crippen molar-refractivity contribution in [3.8, 4) is 10.4 Å². The van der Waals surface area contributed by atoms with E-state index in [0.29, 0.717) is 12.5 Å². The monoisotopic (exact) mass is 363 g/mol. The number of rotatable bonds is 5. The molecule has 4 rings (SSSR count). The van der Waals surface area contributed by atoms with E-state index >= 15 is 0 Å². The summed E-state index contributed by atoms with van der Waals surface area (Å²) < 4.78 is 1.79. The first-order chi connectivity index (χ1) is 12.6. The Labute approximate surface area is 156 Å². The maximum absolute atomic E-state index is 4.56. The van der Waals surface area contributed by atoms with Crippen LogP contribution < -0.4 is 5.32 Å². The second-order valence-electron chi connectivity index (χ2n) is 6.61. The second kappa shape index (κ2) is 6.88. The van der Waals surface area contributed by atoms with Gasteiger partial charge in [-0.05, 0) is 35.4 Å². The molecule has 1 N–H and O–H groups in total. The quantitative estimate of drug-likeness (QED) is 0.548. The number of thiophene rings is 1. The minimum atomic E-state index is 0.374. The van der Waals surface area contributed by atoms with Crippen molar-refractivity contribution in [1.29, 1.82) is 0 Å². The number of hydrogen-bond donors (Lipinski definition) is 1. The summed E-state index contributed by atoms with van der Waals surface area (Å²) in [5.74, 6) is 1.84. The van der Waals surface area contributed by atoms with Crippen LogP contribution in [0.15, 0.2) is 48.0 Å². The fourth-order valence-corrected chi connectivity index (χ4v) is 3.67. The van der Waals surface area contributed by atoms with Crippen LogP contribution in [0.5, 0.6) is 0 Å². The third-order valence-electron chi connectivity index (χ3n) is 4.34. The Hall–Kier alpha value is -2.73. The van der Waals surface area contributed by atoms with E-state index in [2.05, 4.69) is 76.0 Å². The molecule has 0 saturated carbocycles. The molecule has 1 aromatic carbocycles. The summed E-state index contributed by atoms with van der Waals surface area (Å²) in [6.45, 7) is 6.90. The van der Waals surface area contributed by atoms with Crippen molar-refractivity contribution in [2.75, 3.05) is 5.32 Å². The lowest BCUT2D eigenvalue weighted by molar-refractivity contribution is 0.852. The highest BCUT2D eigenvalue weighted by Gasteiger charge is 2.13. The zero-order valence-electron chi connectivity index (χ0n) is 15.1. The molecule has 3 aromatic heterocycles. The van der Waals surface area contributed by atoms with E-state index < -0.39 is 0 Å². The molecular formula is C20H21N5S. The van der Waals surface area contributed by atoms with E-state index in [-0.39, 0.29) is 0 Å². The van der Waals surface area contributed by atoms with Crippen molar-refractivity contribution < 1.29 is 0 Å². The molecule has 0 unspecified atom stereocenters. The zero-order chi connectivity index (χ0) is 18.1. The molecule has 132 valence electrons. The Morgan fingerprint density at radius 3 is 2.62 bits per heavy atom. The molecule has 5 nitrogen and oxygen atoms in total. The lowest BCUT2D eigenvalue weighted by atomic mass is 10.1. The predicted octanol–water partition coefficient (Wildman–Crippen LogP) is 4.90. The number of aryl methyl sites for hydroxylation is 1. The number of hydrogen-bond acceptors (Lipinski definition) is 5. The van der Waals surface area contributed by atoms with Gasteiger partial charge in [0.15, 0.2) is 5.65 Å². The maximum atomic E-state index is 4.56. The molecule has 0 aliphatic heterocycles. The van der Waals surface area contributed by atoms with Crippen LogP contribution >= 0.6 is 11.3 Å². The number of aromatic nitrogens is 4. The predicted molar refractivity (Wildman–Crippen MR) is 107 cm³/mol. The van der Waals surface area contributed by atoms with Gasteiger partial charge in [-0.15, -0.1) is 11.3 Å². The molecule has 0 aliphatic rings. The molecule has 0 atom stereocenters. The lowest BCUT2D eigenvalue weighted by Crippen LogP contribution is -2.10. The highest BCUT2D eigenvalue weighted by Crippen LogP contribution is 2.25. The molecule has 0 fully saturated rings. The van der Waals surface area contributed by atoms with Gasteiger partial charge in [-0.3, -0.25) is 0 Å². The molecule has 0 aliphatic carbocycles. The number of anilines is 1. The van der Waals surface area contributed by atoms with Gasteiger partial charge in [0, 0.05) is 17.0 Å². The van der Waals surface area contributed by atoms with E-state index in [0.717, 1.165) is 23.0 Å². The Morgan fingerprint density at radius 1 is 1.12 bits per heavy atom. The van der Waals surface area contributed by atoms with Crippen molar-refractivity contribution in [2.45, 2.75) is 33.2 Å². The average molecular weight is 363 g/mol. The van der Waals surface area contributed by atoms with Gasteiger partial charge in [0.25, 0.3) is 0 Å². The van der Waals surface area contributed by atoms with E-state index in [9.17, 15) is 0 Å². The van der Waals surface area contributed by atoms with E-state index in [1.165, 1.54) is 16.0 Å². The number of nitrogens with one attached hydrogen (secondary N) is 1. The number of benzene rings is 1. The second-order valence-corrected chi connectivity index (χ2v) is 7.56. The van der Waals surface area contributed by atoms with Crippen molar-refractivity contribution >= 4 is 22.9 Å². The molecule has 0 bridgehead atoms.